The number of alkyl halides is 1. The third kappa shape index (κ3) is 2.90. The number of halogens is 1. The van der Waals surface area contributed by atoms with E-state index >= 15 is 0 Å². The predicted octanol–water partition coefficient (Wildman–Crippen LogP) is 4.03. The molecule has 2 aromatic carbocycles. The van der Waals surface area contributed by atoms with Gasteiger partial charge in [0.1, 0.15) is 11.4 Å². The average Bonchev–Trinajstić information content (AvgIpc) is 2.91. The van der Waals surface area contributed by atoms with Crippen molar-refractivity contribution in [1.82, 2.24) is 4.98 Å². The summed E-state index contributed by atoms with van der Waals surface area (Å²) in [6.45, 7) is 2.04. The molecule has 0 aliphatic rings. The summed E-state index contributed by atoms with van der Waals surface area (Å²) in [6, 6.07) is 13.5. The Balaban J connectivity index is 2.02. The molecule has 0 saturated carbocycles. The van der Waals surface area contributed by atoms with E-state index in [2.05, 4.69) is 9.98 Å². The number of aliphatic imine (C=N–C) groups is 1. The van der Waals surface area contributed by atoms with Gasteiger partial charge in [0.2, 0.25) is 5.89 Å². The second-order valence-corrected chi connectivity index (χ2v) is 5.04. The van der Waals surface area contributed by atoms with Crippen molar-refractivity contribution < 1.29 is 4.42 Å². The minimum atomic E-state index is 0.197. The molecule has 0 radical (unpaired) electrons. The van der Waals surface area contributed by atoms with Crippen molar-refractivity contribution in [2.24, 2.45) is 10.7 Å². The summed E-state index contributed by atoms with van der Waals surface area (Å²) in [4.78, 5) is 8.68. The molecule has 21 heavy (non-hydrogen) atoms. The lowest BCUT2D eigenvalue weighted by atomic mass is 10.1. The highest BCUT2D eigenvalue weighted by Gasteiger charge is 2.08. The Morgan fingerprint density at radius 1 is 1.24 bits per heavy atom. The molecular weight excluding hydrogens is 286 g/mol. The van der Waals surface area contributed by atoms with Gasteiger partial charge < -0.3 is 10.2 Å². The molecule has 0 saturated heterocycles. The lowest BCUT2D eigenvalue weighted by Gasteiger charge is -1.96. The van der Waals surface area contributed by atoms with Crippen molar-refractivity contribution in [3.05, 3.63) is 48.0 Å². The molecule has 0 atom stereocenters. The molecule has 1 heterocycles. The first-order valence-electron chi connectivity index (χ1n) is 6.52. The highest BCUT2D eigenvalue weighted by molar-refractivity contribution is 6.28. The van der Waals surface area contributed by atoms with Gasteiger partial charge in [-0.1, -0.05) is 17.7 Å². The van der Waals surface area contributed by atoms with Crippen LogP contribution in [0.3, 0.4) is 0 Å². The maximum Gasteiger partial charge on any atom is 0.227 e. The van der Waals surface area contributed by atoms with Gasteiger partial charge >= 0.3 is 0 Å². The first-order valence-corrected chi connectivity index (χ1v) is 7.06. The Bertz CT molecular complexity index is 806. The molecule has 0 aliphatic heterocycles. The van der Waals surface area contributed by atoms with Crippen LogP contribution in [0.25, 0.3) is 22.6 Å². The van der Waals surface area contributed by atoms with Crippen LogP contribution in [0.4, 0.5) is 5.69 Å². The molecule has 0 fully saturated rings. The smallest absolute Gasteiger partial charge is 0.227 e. The van der Waals surface area contributed by atoms with Gasteiger partial charge in [-0.25, -0.2) is 9.98 Å². The first kappa shape index (κ1) is 13.6. The zero-order valence-electron chi connectivity index (χ0n) is 11.5. The Hall–Kier alpha value is -2.33. The van der Waals surface area contributed by atoms with Crippen LogP contribution in [0.15, 0.2) is 51.9 Å². The largest absolute Gasteiger partial charge is 0.436 e. The normalized spacial score (nSPS) is 12.0. The number of fused-ring (bicyclic) bond motifs is 1. The van der Waals surface area contributed by atoms with Crippen molar-refractivity contribution in [2.75, 3.05) is 5.88 Å². The van der Waals surface area contributed by atoms with E-state index in [9.17, 15) is 0 Å². The van der Waals surface area contributed by atoms with Crippen LogP contribution in [-0.4, -0.2) is 16.7 Å². The van der Waals surface area contributed by atoms with E-state index in [0.29, 0.717) is 23.0 Å². The molecule has 1 aromatic heterocycles. The van der Waals surface area contributed by atoms with Gasteiger partial charge in [-0.3, -0.25) is 0 Å². The molecule has 3 rings (SSSR count). The molecule has 5 heteroatoms. The topological polar surface area (TPSA) is 64.4 Å². The van der Waals surface area contributed by atoms with Crippen molar-refractivity contribution in [3.8, 4) is 11.5 Å². The van der Waals surface area contributed by atoms with Gasteiger partial charge in [0.15, 0.2) is 5.58 Å². The van der Waals surface area contributed by atoms with Gasteiger partial charge in [0.05, 0.1) is 11.6 Å². The monoisotopic (exact) mass is 299 g/mol. The number of hydrogen-bond acceptors (Lipinski definition) is 3. The zero-order chi connectivity index (χ0) is 14.8. The van der Waals surface area contributed by atoms with E-state index in [1.54, 1.807) is 6.07 Å². The minimum Gasteiger partial charge on any atom is -0.436 e. The summed E-state index contributed by atoms with van der Waals surface area (Å²) in [5.41, 5.74) is 9.94. The van der Waals surface area contributed by atoms with Crippen LogP contribution < -0.4 is 5.73 Å². The molecule has 0 spiro atoms. The lowest BCUT2D eigenvalue weighted by Crippen LogP contribution is -2.12. The highest BCUT2D eigenvalue weighted by atomic mass is 35.5. The zero-order valence-corrected chi connectivity index (χ0v) is 12.3. The van der Waals surface area contributed by atoms with Crippen molar-refractivity contribution in [2.45, 2.75) is 6.92 Å². The van der Waals surface area contributed by atoms with Gasteiger partial charge in [-0.15, -0.1) is 11.6 Å². The van der Waals surface area contributed by atoms with E-state index in [4.69, 9.17) is 21.8 Å². The molecular formula is C16H14ClN3O. The van der Waals surface area contributed by atoms with E-state index in [-0.39, 0.29) is 5.88 Å². The van der Waals surface area contributed by atoms with Crippen molar-refractivity contribution in [3.63, 3.8) is 0 Å². The van der Waals surface area contributed by atoms with E-state index in [0.717, 1.165) is 11.1 Å². The van der Waals surface area contributed by atoms with Crippen molar-refractivity contribution >= 4 is 34.2 Å². The fraction of sp³-hybridized carbons (Fsp3) is 0.125. The number of nitrogens with zero attached hydrogens (tertiary/aromatic N) is 2. The summed E-state index contributed by atoms with van der Waals surface area (Å²) in [7, 11) is 0. The fourth-order valence-electron chi connectivity index (χ4n) is 2.00. The predicted molar refractivity (Wildman–Crippen MR) is 86.2 cm³/mol. The Labute approximate surface area is 127 Å². The molecule has 2 N–H and O–H groups in total. The minimum absolute atomic E-state index is 0.197. The molecule has 0 bridgehead atoms. The van der Waals surface area contributed by atoms with Gasteiger partial charge in [0.25, 0.3) is 0 Å². The maximum absolute atomic E-state index is 5.80. The Morgan fingerprint density at radius 3 is 2.71 bits per heavy atom. The second-order valence-electron chi connectivity index (χ2n) is 4.77. The Kier molecular flexibility index (Phi) is 3.62. The SMILES string of the molecule is Cc1ccc(-c2nc3ccc(N=C(N)CCl)cc3o2)cc1. The average molecular weight is 300 g/mol. The number of aryl methyl sites for hydroxylation is 1. The molecule has 0 aliphatic carbocycles. The van der Waals surface area contributed by atoms with Crippen molar-refractivity contribution in [1.29, 1.82) is 0 Å². The van der Waals surface area contributed by atoms with Crippen LogP contribution in [0, 0.1) is 6.92 Å². The number of hydrogen-bond donors (Lipinski definition) is 1. The molecule has 0 unspecified atom stereocenters. The number of nitrogens with two attached hydrogens (primary N) is 1. The van der Waals surface area contributed by atoms with E-state index in [1.165, 1.54) is 5.56 Å². The lowest BCUT2D eigenvalue weighted by molar-refractivity contribution is 0.620. The molecule has 106 valence electrons. The summed E-state index contributed by atoms with van der Waals surface area (Å²) in [6.07, 6.45) is 0. The molecule has 3 aromatic rings. The van der Waals surface area contributed by atoms with Crippen LogP contribution in [0.2, 0.25) is 0 Å². The van der Waals surface area contributed by atoms with E-state index < -0.39 is 0 Å². The van der Waals surface area contributed by atoms with Crippen LogP contribution in [0.1, 0.15) is 5.56 Å². The summed E-state index contributed by atoms with van der Waals surface area (Å²) in [5, 5.41) is 0. The maximum atomic E-state index is 5.80. The molecule has 4 nitrogen and oxygen atoms in total. The Morgan fingerprint density at radius 2 is 2.00 bits per heavy atom. The van der Waals surface area contributed by atoms with Gasteiger partial charge in [-0.05, 0) is 31.2 Å². The molecule has 0 amide bonds. The number of benzene rings is 2. The number of aromatic nitrogens is 1. The number of amidine groups is 1. The van der Waals surface area contributed by atoms with Crippen LogP contribution in [-0.2, 0) is 0 Å². The first-order chi connectivity index (χ1) is 10.2. The third-order valence-electron chi connectivity index (χ3n) is 3.08. The standard InChI is InChI=1S/C16H14ClN3O/c1-10-2-4-11(5-3-10)16-20-13-7-6-12(8-14(13)21-16)19-15(18)9-17/h2-8H,9H2,1H3,(H2,18,19). The summed E-state index contributed by atoms with van der Waals surface area (Å²) in [5.74, 6) is 1.16. The van der Waals surface area contributed by atoms with Crippen LogP contribution in [0.5, 0.6) is 0 Å². The summed E-state index contributed by atoms with van der Waals surface area (Å²) < 4.78 is 5.80. The number of oxazole rings is 1. The van der Waals surface area contributed by atoms with Gasteiger partial charge in [-0.2, -0.15) is 0 Å². The highest BCUT2D eigenvalue weighted by Crippen LogP contribution is 2.27. The fourth-order valence-corrected chi connectivity index (χ4v) is 2.06. The second kappa shape index (κ2) is 5.58. The van der Waals surface area contributed by atoms with E-state index in [1.807, 2.05) is 43.3 Å². The quantitative estimate of drug-likeness (QED) is 0.451. The van der Waals surface area contributed by atoms with Gasteiger partial charge in [0, 0.05) is 11.6 Å². The summed E-state index contributed by atoms with van der Waals surface area (Å²) >= 11 is 5.63. The third-order valence-corrected chi connectivity index (χ3v) is 3.35. The number of rotatable bonds is 3. The van der Waals surface area contributed by atoms with Crippen LogP contribution >= 0.6 is 11.6 Å².